The lowest BCUT2D eigenvalue weighted by atomic mass is 10.1. The molecule has 19 heavy (non-hydrogen) atoms. The molecule has 0 aliphatic carbocycles. The molecule has 0 spiro atoms. The molecule has 0 aliphatic rings. The van der Waals surface area contributed by atoms with Crippen LogP contribution in [0.15, 0.2) is 28.7 Å². The van der Waals surface area contributed by atoms with Crippen LogP contribution in [0.3, 0.4) is 0 Å². The topological polar surface area (TPSA) is 22.1 Å². The number of aromatic nitrogens is 1. The molecular formula is C14H12BrClFNO. The van der Waals surface area contributed by atoms with Gasteiger partial charge in [-0.15, -0.1) is 11.6 Å². The Morgan fingerprint density at radius 2 is 2.05 bits per heavy atom. The highest BCUT2D eigenvalue weighted by Crippen LogP contribution is 2.29. The van der Waals surface area contributed by atoms with Crippen molar-refractivity contribution >= 4 is 27.5 Å². The van der Waals surface area contributed by atoms with Gasteiger partial charge in [-0.2, -0.15) is 0 Å². The van der Waals surface area contributed by atoms with Gasteiger partial charge in [-0.3, -0.25) is 0 Å². The molecule has 0 unspecified atom stereocenters. The minimum Gasteiger partial charge on any atom is -0.439 e. The first-order valence-corrected chi connectivity index (χ1v) is 7.00. The Morgan fingerprint density at radius 1 is 1.32 bits per heavy atom. The van der Waals surface area contributed by atoms with Crippen LogP contribution in [0.4, 0.5) is 4.39 Å². The minimum atomic E-state index is -0.380. The summed E-state index contributed by atoms with van der Waals surface area (Å²) in [5.41, 5.74) is 2.66. The van der Waals surface area contributed by atoms with E-state index in [9.17, 15) is 4.39 Å². The highest BCUT2D eigenvalue weighted by molar-refractivity contribution is 9.10. The van der Waals surface area contributed by atoms with Gasteiger partial charge >= 0.3 is 0 Å². The van der Waals surface area contributed by atoms with Gasteiger partial charge < -0.3 is 4.74 Å². The number of pyridine rings is 1. The van der Waals surface area contributed by atoms with Crippen LogP contribution in [0.25, 0.3) is 0 Å². The second kappa shape index (κ2) is 5.88. The van der Waals surface area contributed by atoms with E-state index in [2.05, 4.69) is 20.9 Å². The van der Waals surface area contributed by atoms with E-state index >= 15 is 0 Å². The molecule has 1 heterocycles. The van der Waals surface area contributed by atoms with Crippen LogP contribution < -0.4 is 4.74 Å². The van der Waals surface area contributed by atoms with Gasteiger partial charge in [0.1, 0.15) is 11.6 Å². The average Bonchev–Trinajstić information content (AvgIpc) is 2.33. The van der Waals surface area contributed by atoms with Gasteiger partial charge in [0, 0.05) is 17.3 Å². The zero-order valence-corrected chi connectivity index (χ0v) is 12.8. The fraction of sp³-hybridized carbons (Fsp3) is 0.214. The van der Waals surface area contributed by atoms with Crippen LogP contribution in [0.5, 0.6) is 11.6 Å². The summed E-state index contributed by atoms with van der Waals surface area (Å²) in [4.78, 5) is 4.31. The maximum atomic E-state index is 13.4. The summed E-state index contributed by atoms with van der Waals surface area (Å²) in [7, 11) is 0. The highest BCUT2D eigenvalue weighted by Gasteiger charge is 2.11. The zero-order valence-electron chi connectivity index (χ0n) is 10.5. The minimum absolute atomic E-state index is 0.299. The summed E-state index contributed by atoms with van der Waals surface area (Å²) in [6, 6.07) is 6.51. The lowest BCUT2D eigenvalue weighted by Crippen LogP contribution is -1.98. The SMILES string of the molecule is Cc1cc(C)c(CCl)c(Oc2ccc(Br)c(F)c2)n1. The van der Waals surface area contributed by atoms with Crippen LogP contribution >= 0.6 is 27.5 Å². The van der Waals surface area contributed by atoms with Crippen LogP contribution in [0.1, 0.15) is 16.8 Å². The second-order valence-electron chi connectivity index (χ2n) is 4.18. The van der Waals surface area contributed by atoms with Crippen LogP contribution in [0, 0.1) is 19.7 Å². The molecule has 0 N–H and O–H groups in total. The molecule has 0 aliphatic heterocycles. The summed E-state index contributed by atoms with van der Waals surface area (Å²) in [6.07, 6.45) is 0. The van der Waals surface area contributed by atoms with Crippen molar-refractivity contribution in [3.63, 3.8) is 0 Å². The number of nitrogens with zero attached hydrogens (tertiary/aromatic N) is 1. The number of benzene rings is 1. The van der Waals surface area contributed by atoms with Crippen molar-refractivity contribution in [2.45, 2.75) is 19.7 Å². The molecule has 1 aromatic heterocycles. The van der Waals surface area contributed by atoms with E-state index in [1.165, 1.54) is 6.07 Å². The fourth-order valence-corrected chi connectivity index (χ4v) is 2.30. The number of rotatable bonds is 3. The van der Waals surface area contributed by atoms with Crippen LogP contribution in [-0.4, -0.2) is 4.98 Å². The summed E-state index contributed by atoms with van der Waals surface area (Å²) in [6.45, 7) is 3.82. The lowest BCUT2D eigenvalue weighted by Gasteiger charge is -2.12. The summed E-state index contributed by atoms with van der Waals surface area (Å²) < 4.78 is 19.5. The third kappa shape index (κ3) is 3.25. The van der Waals surface area contributed by atoms with Crippen molar-refractivity contribution in [3.05, 3.63) is 51.4 Å². The average molecular weight is 345 g/mol. The van der Waals surface area contributed by atoms with E-state index in [0.717, 1.165) is 16.8 Å². The normalized spacial score (nSPS) is 10.6. The van der Waals surface area contributed by atoms with Crippen LogP contribution in [-0.2, 0) is 5.88 Å². The second-order valence-corrected chi connectivity index (χ2v) is 5.30. The van der Waals surface area contributed by atoms with Crippen molar-refractivity contribution in [3.8, 4) is 11.6 Å². The van der Waals surface area contributed by atoms with E-state index in [1.54, 1.807) is 12.1 Å². The first-order valence-electron chi connectivity index (χ1n) is 5.67. The summed E-state index contributed by atoms with van der Waals surface area (Å²) in [5.74, 6) is 0.737. The van der Waals surface area contributed by atoms with Gasteiger partial charge in [-0.1, -0.05) is 0 Å². The molecule has 0 fully saturated rings. The molecular weight excluding hydrogens is 333 g/mol. The molecule has 1 aromatic carbocycles. The quantitative estimate of drug-likeness (QED) is 0.720. The highest BCUT2D eigenvalue weighted by atomic mass is 79.9. The van der Waals surface area contributed by atoms with Crippen LogP contribution in [0.2, 0.25) is 0 Å². The Morgan fingerprint density at radius 3 is 2.68 bits per heavy atom. The Kier molecular flexibility index (Phi) is 4.42. The standard InChI is InChI=1S/C14H12BrClFNO/c1-8-5-9(2)18-14(11(8)7-16)19-10-3-4-12(15)13(17)6-10/h3-6H,7H2,1-2H3. The molecule has 5 heteroatoms. The molecule has 0 amide bonds. The number of ether oxygens (including phenoxy) is 1. The van der Waals surface area contributed by atoms with Gasteiger partial charge in [-0.25, -0.2) is 9.37 Å². The van der Waals surface area contributed by atoms with E-state index in [4.69, 9.17) is 16.3 Å². The van der Waals surface area contributed by atoms with Crippen molar-refractivity contribution in [1.29, 1.82) is 0 Å². The Bertz CT molecular complexity index is 619. The number of alkyl halides is 1. The van der Waals surface area contributed by atoms with Crippen molar-refractivity contribution in [2.24, 2.45) is 0 Å². The molecule has 0 radical (unpaired) electrons. The van der Waals surface area contributed by atoms with E-state index < -0.39 is 0 Å². The summed E-state index contributed by atoms with van der Waals surface area (Å²) in [5, 5.41) is 0. The van der Waals surface area contributed by atoms with Gasteiger partial charge in [0.15, 0.2) is 0 Å². The molecule has 0 bridgehead atoms. The number of hydrogen-bond donors (Lipinski definition) is 0. The zero-order chi connectivity index (χ0) is 14.0. The smallest absolute Gasteiger partial charge is 0.224 e. The molecule has 2 aromatic rings. The summed E-state index contributed by atoms with van der Waals surface area (Å²) >= 11 is 9.01. The fourth-order valence-electron chi connectivity index (χ4n) is 1.73. The molecule has 2 rings (SSSR count). The van der Waals surface area contributed by atoms with E-state index in [1.807, 2.05) is 19.9 Å². The third-order valence-electron chi connectivity index (χ3n) is 2.68. The van der Waals surface area contributed by atoms with Gasteiger partial charge in [0.05, 0.1) is 10.4 Å². The lowest BCUT2D eigenvalue weighted by molar-refractivity contribution is 0.451. The molecule has 2 nitrogen and oxygen atoms in total. The molecule has 100 valence electrons. The number of halogens is 3. The van der Waals surface area contributed by atoms with E-state index in [0.29, 0.717) is 22.0 Å². The Labute approximate surface area is 124 Å². The predicted octanol–water partition coefficient (Wildman–Crippen LogP) is 5.13. The monoisotopic (exact) mass is 343 g/mol. The van der Waals surface area contributed by atoms with Crippen molar-refractivity contribution < 1.29 is 9.13 Å². The first-order chi connectivity index (χ1) is 9.01. The van der Waals surface area contributed by atoms with Gasteiger partial charge in [-0.05, 0) is 53.5 Å². The maximum absolute atomic E-state index is 13.4. The maximum Gasteiger partial charge on any atom is 0.224 e. The number of hydrogen-bond acceptors (Lipinski definition) is 2. The molecule has 0 saturated heterocycles. The van der Waals surface area contributed by atoms with E-state index in [-0.39, 0.29) is 5.82 Å². The van der Waals surface area contributed by atoms with Gasteiger partial charge in [0.25, 0.3) is 0 Å². The van der Waals surface area contributed by atoms with Crippen molar-refractivity contribution in [2.75, 3.05) is 0 Å². The predicted molar refractivity (Wildman–Crippen MR) is 77.4 cm³/mol. The Balaban J connectivity index is 2.39. The third-order valence-corrected chi connectivity index (χ3v) is 3.59. The number of aryl methyl sites for hydroxylation is 2. The van der Waals surface area contributed by atoms with Gasteiger partial charge in [0.2, 0.25) is 5.88 Å². The Hall–Kier alpha value is -1.13. The first kappa shape index (κ1) is 14.3. The molecule has 0 atom stereocenters. The largest absolute Gasteiger partial charge is 0.439 e. The van der Waals surface area contributed by atoms with Crippen molar-refractivity contribution in [1.82, 2.24) is 4.98 Å². The molecule has 0 saturated carbocycles.